The Kier molecular flexibility index (Phi) is 6.47. The van der Waals surface area contributed by atoms with E-state index in [0.717, 1.165) is 5.56 Å². The summed E-state index contributed by atoms with van der Waals surface area (Å²) in [5.74, 6) is -0.559. The summed E-state index contributed by atoms with van der Waals surface area (Å²) in [5.41, 5.74) is 2.41. The number of carbonyl (C=O) groups is 2. The average Bonchev–Trinajstić information content (AvgIpc) is 2.56. The third-order valence-electron chi connectivity index (χ3n) is 3.36. The second-order valence-corrected chi connectivity index (χ2v) is 5.45. The molecule has 0 bridgehead atoms. The summed E-state index contributed by atoms with van der Waals surface area (Å²) < 4.78 is 18.0. The van der Waals surface area contributed by atoms with Gasteiger partial charge in [-0.3, -0.25) is 4.79 Å². The van der Waals surface area contributed by atoms with Gasteiger partial charge in [0.25, 0.3) is 0 Å². The molecule has 0 heterocycles. The Labute approximate surface area is 145 Å². The van der Waals surface area contributed by atoms with E-state index in [4.69, 9.17) is 4.74 Å². The van der Waals surface area contributed by atoms with Crippen LogP contribution in [0.15, 0.2) is 42.5 Å². The highest BCUT2D eigenvalue weighted by Crippen LogP contribution is 2.15. The van der Waals surface area contributed by atoms with Gasteiger partial charge in [0.1, 0.15) is 12.4 Å². The maximum Gasteiger partial charge on any atom is 0.319 e. The number of methoxy groups -OCH3 is 1. The molecule has 25 heavy (non-hydrogen) atoms. The molecule has 0 aromatic heterocycles. The van der Waals surface area contributed by atoms with Crippen molar-refractivity contribution in [2.75, 3.05) is 24.4 Å². The van der Waals surface area contributed by atoms with Gasteiger partial charge < -0.3 is 20.7 Å². The minimum absolute atomic E-state index is 0.0464. The number of hydrogen-bond donors (Lipinski definition) is 3. The zero-order chi connectivity index (χ0) is 18.2. The van der Waals surface area contributed by atoms with E-state index >= 15 is 0 Å². The predicted octanol–water partition coefficient (Wildman–Crippen LogP) is 3.04. The van der Waals surface area contributed by atoms with Gasteiger partial charge in [-0.2, -0.15) is 0 Å². The van der Waals surface area contributed by atoms with Crippen molar-refractivity contribution in [2.24, 2.45) is 0 Å². The van der Waals surface area contributed by atoms with Crippen molar-refractivity contribution in [3.05, 3.63) is 59.4 Å². The quantitative estimate of drug-likeness (QED) is 0.753. The number of amides is 3. The molecular formula is C18H20FN3O3. The number of nitrogens with one attached hydrogen (secondary N) is 3. The highest BCUT2D eigenvalue weighted by atomic mass is 19.1. The van der Waals surface area contributed by atoms with E-state index in [1.807, 2.05) is 0 Å². The van der Waals surface area contributed by atoms with Crippen LogP contribution in [0.5, 0.6) is 0 Å². The van der Waals surface area contributed by atoms with E-state index in [1.54, 1.807) is 43.3 Å². The van der Waals surface area contributed by atoms with Gasteiger partial charge in [0, 0.05) is 25.0 Å². The van der Waals surface area contributed by atoms with E-state index < -0.39 is 6.03 Å². The Morgan fingerprint density at radius 1 is 1.08 bits per heavy atom. The number of aryl methyl sites for hydroxylation is 1. The molecule has 0 spiro atoms. The van der Waals surface area contributed by atoms with E-state index in [0.29, 0.717) is 16.9 Å². The number of anilines is 2. The fourth-order valence-corrected chi connectivity index (χ4v) is 2.18. The summed E-state index contributed by atoms with van der Waals surface area (Å²) in [6.07, 6.45) is 0. The van der Waals surface area contributed by atoms with Crippen molar-refractivity contribution in [2.45, 2.75) is 13.5 Å². The Balaban J connectivity index is 1.89. The van der Waals surface area contributed by atoms with Gasteiger partial charge in [-0.1, -0.05) is 18.2 Å². The minimum atomic E-state index is -0.401. The number of ether oxygens (including phenoxy) is 1. The number of benzene rings is 2. The molecular weight excluding hydrogens is 325 g/mol. The molecule has 0 aliphatic heterocycles. The smallest absolute Gasteiger partial charge is 0.319 e. The van der Waals surface area contributed by atoms with E-state index in [1.165, 1.54) is 13.2 Å². The summed E-state index contributed by atoms with van der Waals surface area (Å²) in [4.78, 5) is 23.5. The largest absolute Gasteiger partial charge is 0.375 e. The minimum Gasteiger partial charge on any atom is -0.375 e. The Hall–Kier alpha value is -2.93. The normalized spacial score (nSPS) is 10.2. The van der Waals surface area contributed by atoms with Gasteiger partial charge in [0.2, 0.25) is 5.91 Å². The van der Waals surface area contributed by atoms with Crippen LogP contribution in [0.3, 0.4) is 0 Å². The topological polar surface area (TPSA) is 79.5 Å². The lowest BCUT2D eigenvalue weighted by Crippen LogP contribution is -2.28. The number of carbonyl (C=O) groups excluding carboxylic acids is 2. The second kappa shape index (κ2) is 8.79. The number of urea groups is 1. The molecule has 132 valence electrons. The van der Waals surface area contributed by atoms with Gasteiger partial charge in [0.05, 0.1) is 0 Å². The van der Waals surface area contributed by atoms with Crippen LogP contribution in [0.1, 0.15) is 11.1 Å². The summed E-state index contributed by atoms with van der Waals surface area (Å²) in [5, 5.41) is 8.03. The first-order valence-corrected chi connectivity index (χ1v) is 7.66. The molecule has 2 aromatic carbocycles. The van der Waals surface area contributed by atoms with Crippen LogP contribution < -0.4 is 16.0 Å². The summed E-state index contributed by atoms with van der Waals surface area (Å²) in [6.45, 7) is 1.90. The molecule has 2 aromatic rings. The zero-order valence-electron chi connectivity index (χ0n) is 14.1. The third-order valence-corrected chi connectivity index (χ3v) is 3.36. The molecule has 6 nitrogen and oxygen atoms in total. The Morgan fingerprint density at radius 2 is 1.80 bits per heavy atom. The van der Waals surface area contributed by atoms with Gasteiger partial charge >= 0.3 is 6.03 Å². The van der Waals surface area contributed by atoms with Crippen molar-refractivity contribution in [3.8, 4) is 0 Å². The zero-order valence-corrected chi connectivity index (χ0v) is 14.1. The van der Waals surface area contributed by atoms with Crippen LogP contribution in [0.25, 0.3) is 0 Å². The van der Waals surface area contributed by atoms with Crippen LogP contribution in [0, 0.1) is 12.7 Å². The molecule has 0 atom stereocenters. The van der Waals surface area contributed by atoms with Crippen LogP contribution in [-0.2, 0) is 16.1 Å². The number of rotatable bonds is 6. The Morgan fingerprint density at radius 3 is 2.48 bits per heavy atom. The van der Waals surface area contributed by atoms with Crippen molar-refractivity contribution >= 4 is 23.3 Å². The lowest BCUT2D eigenvalue weighted by atomic mass is 10.1. The SMILES string of the molecule is COCC(=O)Nc1cccc(NC(=O)NCc2ccc(F)c(C)c2)c1. The highest BCUT2D eigenvalue weighted by molar-refractivity contribution is 5.94. The summed E-state index contributed by atoms with van der Waals surface area (Å²) in [7, 11) is 1.44. The molecule has 2 rings (SSSR count). The lowest BCUT2D eigenvalue weighted by Gasteiger charge is -2.10. The van der Waals surface area contributed by atoms with Crippen molar-refractivity contribution < 1.29 is 18.7 Å². The van der Waals surface area contributed by atoms with E-state index in [2.05, 4.69) is 16.0 Å². The van der Waals surface area contributed by atoms with Crippen molar-refractivity contribution in [3.63, 3.8) is 0 Å². The molecule has 0 aliphatic carbocycles. The summed E-state index contributed by atoms with van der Waals surface area (Å²) in [6, 6.07) is 11.0. The lowest BCUT2D eigenvalue weighted by molar-refractivity contribution is -0.119. The molecule has 0 radical (unpaired) electrons. The molecule has 0 saturated heterocycles. The average molecular weight is 345 g/mol. The Bertz CT molecular complexity index is 765. The predicted molar refractivity (Wildman–Crippen MR) is 93.9 cm³/mol. The number of hydrogen-bond acceptors (Lipinski definition) is 3. The van der Waals surface area contributed by atoms with Crippen molar-refractivity contribution in [1.82, 2.24) is 5.32 Å². The first-order chi connectivity index (χ1) is 12.0. The monoisotopic (exact) mass is 345 g/mol. The summed E-state index contributed by atoms with van der Waals surface area (Å²) >= 11 is 0. The molecule has 0 fully saturated rings. The van der Waals surface area contributed by atoms with Crippen molar-refractivity contribution in [1.29, 1.82) is 0 Å². The molecule has 0 unspecified atom stereocenters. The van der Waals surface area contributed by atoms with E-state index in [9.17, 15) is 14.0 Å². The molecule has 0 aliphatic rings. The maximum atomic E-state index is 13.2. The van der Waals surface area contributed by atoms with Gasteiger partial charge in [-0.05, 0) is 42.3 Å². The third kappa shape index (κ3) is 5.89. The van der Waals surface area contributed by atoms with Crippen LogP contribution in [0.2, 0.25) is 0 Å². The standard InChI is InChI=1S/C18H20FN3O3/c1-12-8-13(6-7-16(12)19)10-20-18(24)22-15-5-3-4-14(9-15)21-17(23)11-25-2/h3-9H,10-11H2,1-2H3,(H,21,23)(H2,20,22,24). The van der Waals surface area contributed by atoms with Crippen LogP contribution in [0.4, 0.5) is 20.6 Å². The van der Waals surface area contributed by atoms with Crippen LogP contribution >= 0.6 is 0 Å². The fourth-order valence-electron chi connectivity index (χ4n) is 2.18. The number of halogens is 1. The van der Waals surface area contributed by atoms with E-state index in [-0.39, 0.29) is 24.9 Å². The first kappa shape index (κ1) is 18.4. The first-order valence-electron chi connectivity index (χ1n) is 7.66. The van der Waals surface area contributed by atoms with Gasteiger partial charge in [-0.15, -0.1) is 0 Å². The molecule has 3 amide bonds. The van der Waals surface area contributed by atoms with Crippen LogP contribution in [-0.4, -0.2) is 25.7 Å². The fraction of sp³-hybridized carbons (Fsp3) is 0.222. The highest BCUT2D eigenvalue weighted by Gasteiger charge is 2.06. The molecule has 0 saturated carbocycles. The molecule has 3 N–H and O–H groups in total. The van der Waals surface area contributed by atoms with Gasteiger partial charge in [-0.25, -0.2) is 9.18 Å². The molecule has 7 heteroatoms. The van der Waals surface area contributed by atoms with Gasteiger partial charge in [0.15, 0.2) is 0 Å². The second-order valence-electron chi connectivity index (χ2n) is 5.45. The maximum absolute atomic E-state index is 13.2.